The molecular weight excluding hydrogens is 408 g/mol. The molecule has 0 spiro atoms. The highest BCUT2D eigenvalue weighted by atomic mass is 16.5. The maximum absolute atomic E-state index is 12.5. The third-order valence-electron chi connectivity index (χ3n) is 6.50. The van der Waals surface area contributed by atoms with Crippen LogP contribution in [0.25, 0.3) is 11.1 Å². The molecule has 3 N–H and O–H groups in total. The minimum atomic E-state index is -0.956. The van der Waals surface area contributed by atoms with E-state index in [4.69, 9.17) is 9.84 Å². The number of carboxylic acid groups (broad SMARTS) is 1. The van der Waals surface area contributed by atoms with E-state index in [1.54, 1.807) is 0 Å². The summed E-state index contributed by atoms with van der Waals surface area (Å²) in [7, 11) is 0. The highest BCUT2D eigenvalue weighted by molar-refractivity contribution is 5.81. The summed E-state index contributed by atoms with van der Waals surface area (Å²) in [6.07, 6.45) is 2.26. The average Bonchev–Trinajstić information content (AvgIpc) is 3.07. The fraction of sp³-hybridized carbons (Fsp3) is 0.400. The minimum Gasteiger partial charge on any atom is -0.481 e. The van der Waals surface area contributed by atoms with Gasteiger partial charge in [-0.3, -0.25) is 9.59 Å². The van der Waals surface area contributed by atoms with Crippen LogP contribution in [-0.4, -0.2) is 42.8 Å². The molecule has 1 fully saturated rings. The molecule has 0 aliphatic heterocycles. The van der Waals surface area contributed by atoms with Crippen molar-refractivity contribution in [1.29, 1.82) is 0 Å². The monoisotopic (exact) mass is 436 g/mol. The maximum Gasteiger partial charge on any atom is 0.407 e. The Kier molecular flexibility index (Phi) is 6.73. The molecule has 168 valence electrons. The van der Waals surface area contributed by atoms with Gasteiger partial charge in [0.1, 0.15) is 6.61 Å². The highest BCUT2D eigenvalue weighted by Crippen LogP contribution is 2.44. The first-order chi connectivity index (χ1) is 15.5. The second kappa shape index (κ2) is 9.85. The summed E-state index contributed by atoms with van der Waals surface area (Å²) in [5.74, 6) is -1.36. The van der Waals surface area contributed by atoms with E-state index in [1.165, 1.54) is 11.1 Å². The summed E-state index contributed by atoms with van der Waals surface area (Å²) in [5, 5.41) is 14.2. The molecular formula is C25H28N2O5. The quantitative estimate of drug-likeness (QED) is 0.558. The van der Waals surface area contributed by atoms with E-state index in [1.807, 2.05) is 24.3 Å². The van der Waals surface area contributed by atoms with Crippen LogP contribution >= 0.6 is 0 Å². The summed E-state index contributed by atoms with van der Waals surface area (Å²) < 4.78 is 5.55. The van der Waals surface area contributed by atoms with Crippen molar-refractivity contribution in [3.05, 3.63) is 59.7 Å². The SMILES string of the molecule is O=C(O)CCNC(=O)C(CNC(=O)OCC1c2ccccc2-c2ccccc21)C1CCC1. The van der Waals surface area contributed by atoms with Crippen LogP contribution in [0.15, 0.2) is 48.5 Å². The number of ether oxygens (including phenoxy) is 1. The van der Waals surface area contributed by atoms with Crippen molar-refractivity contribution in [1.82, 2.24) is 10.6 Å². The molecule has 32 heavy (non-hydrogen) atoms. The third-order valence-corrected chi connectivity index (χ3v) is 6.50. The molecule has 7 heteroatoms. The lowest BCUT2D eigenvalue weighted by Gasteiger charge is -2.32. The minimum absolute atomic E-state index is 0.0186. The molecule has 2 amide bonds. The number of hydrogen-bond acceptors (Lipinski definition) is 4. The van der Waals surface area contributed by atoms with Gasteiger partial charge in [0.25, 0.3) is 0 Å². The Morgan fingerprint density at radius 2 is 1.59 bits per heavy atom. The summed E-state index contributed by atoms with van der Waals surface area (Å²) in [6, 6.07) is 16.3. The van der Waals surface area contributed by atoms with Crippen molar-refractivity contribution in [2.75, 3.05) is 19.7 Å². The zero-order valence-corrected chi connectivity index (χ0v) is 17.9. The van der Waals surface area contributed by atoms with E-state index in [0.717, 1.165) is 30.4 Å². The van der Waals surface area contributed by atoms with Crippen molar-refractivity contribution in [3.8, 4) is 11.1 Å². The number of benzene rings is 2. The molecule has 1 atom stereocenters. The summed E-state index contributed by atoms with van der Waals surface area (Å²) in [6.45, 7) is 0.487. The number of aliphatic carboxylic acids is 1. The Bertz CT molecular complexity index is 956. The number of amides is 2. The van der Waals surface area contributed by atoms with Gasteiger partial charge in [-0.2, -0.15) is 0 Å². The maximum atomic E-state index is 12.5. The Morgan fingerprint density at radius 1 is 0.969 bits per heavy atom. The summed E-state index contributed by atoms with van der Waals surface area (Å²) in [5.41, 5.74) is 4.62. The van der Waals surface area contributed by atoms with Crippen LogP contribution in [0.5, 0.6) is 0 Å². The number of hydrogen-bond donors (Lipinski definition) is 3. The molecule has 1 saturated carbocycles. The lowest BCUT2D eigenvalue weighted by Crippen LogP contribution is -2.45. The lowest BCUT2D eigenvalue weighted by atomic mass is 9.75. The zero-order valence-electron chi connectivity index (χ0n) is 17.9. The van der Waals surface area contributed by atoms with Crippen LogP contribution in [0, 0.1) is 11.8 Å². The second-order valence-electron chi connectivity index (χ2n) is 8.44. The predicted octanol–water partition coefficient (Wildman–Crippen LogP) is 3.53. The van der Waals surface area contributed by atoms with Gasteiger partial charge in [-0.25, -0.2) is 4.79 Å². The number of carbonyl (C=O) groups is 3. The van der Waals surface area contributed by atoms with Gasteiger partial charge in [-0.15, -0.1) is 0 Å². The summed E-state index contributed by atoms with van der Waals surface area (Å²) in [4.78, 5) is 35.6. The molecule has 0 heterocycles. The second-order valence-corrected chi connectivity index (χ2v) is 8.44. The van der Waals surface area contributed by atoms with Crippen LogP contribution < -0.4 is 10.6 Å². The van der Waals surface area contributed by atoms with E-state index < -0.39 is 12.1 Å². The van der Waals surface area contributed by atoms with E-state index in [2.05, 4.69) is 34.9 Å². The standard InChI is InChI=1S/C25H28N2O5/c28-23(29)12-13-26-24(30)21(16-6-5-7-16)14-27-25(31)32-15-22-19-10-3-1-8-17(19)18-9-2-4-11-20(18)22/h1-4,8-11,16,21-22H,5-7,12-15H2,(H,26,30)(H,27,31)(H,28,29). The van der Waals surface area contributed by atoms with E-state index >= 15 is 0 Å². The molecule has 2 aromatic carbocycles. The van der Waals surface area contributed by atoms with Crippen molar-refractivity contribution < 1.29 is 24.2 Å². The van der Waals surface area contributed by atoms with Gasteiger partial charge in [-0.05, 0) is 41.0 Å². The zero-order chi connectivity index (χ0) is 22.5. The number of fused-ring (bicyclic) bond motifs is 3. The molecule has 0 bridgehead atoms. The Morgan fingerprint density at radius 3 is 2.16 bits per heavy atom. The van der Waals surface area contributed by atoms with E-state index in [9.17, 15) is 14.4 Å². The molecule has 1 unspecified atom stereocenters. The molecule has 0 radical (unpaired) electrons. The van der Waals surface area contributed by atoms with Gasteiger partial charge >= 0.3 is 12.1 Å². The van der Waals surface area contributed by atoms with Crippen molar-refractivity contribution >= 4 is 18.0 Å². The predicted molar refractivity (Wildman–Crippen MR) is 119 cm³/mol. The fourth-order valence-electron chi connectivity index (χ4n) is 4.58. The highest BCUT2D eigenvalue weighted by Gasteiger charge is 2.33. The normalized spacial score (nSPS) is 15.8. The average molecular weight is 437 g/mol. The van der Waals surface area contributed by atoms with Gasteiger partial charge in [0, 0.05) is 19.0 Å². The Balaban J connectivity index is 1.32. The molecule has 4 rings (SSSR count). The van der Waals surface area contributed by atoms with Gasteiger partial charge in [0.15, 0.2) is 0 Å². The van der Waals surface area contributed by atoms with Crippen molar-refractivity contribution in [2.24, 2.45) is 11.8 Å². The van der Waals surface area contributed by atoms with Gasteiger partial charge in [-0.1, -0.05) is 55.0 Å². The topological polar surface area (TPSA) is 105 Å². The number of rotatable bonds is 9. The first-order valence-electron chi connectivity index (χ1n) is 11.1. The first kappa shape index (κ1) is 21.9. The molecule has 0 saturated heterocycles. The summed E-state index contributed by atoms with van der Waals surface area (Å²) >= 11 is 0. The van der Waals surface area contributed by atoms with Crippen LogP contribution in [0.2, 0.25) is 0 Å². The van der Waals surface area contributed by atoms with Gasteiger partial charge in [0.2, 0.25) is 5.91 Å². The molecule has 2 aromatic rings. The van der Waals surface area contributed by atoms with Gasteiger partial charge in [0.05, 0.1) is 12.3 Å². The van der Waals surface area contributed by atoms with Crippen LogP contribution in [0.4, 0.5) is 4.79 Å². The van der Waals surface area contributed by atoms with Crippen LogP contribution in [0.3, 0.4) is 0 Å². The molecule has 2 aliphatic carbocycles. The Labute approximate surface area is 187 Å². The fourth-order valence-corrected chi connectivity index (χ4v) is 4.58. The first-order valence-corrected chi connectivity index (χ1v) is 11.1. The number of alkyl carbamates (subject to hydrolysis) is 1. The van der Waals surface area contributed by atoms with Crippen molar-refractivity contribution in [2.45, 2.75) is 31.6 Å². The number of carbonyl (C=O) groups excluding carboxylic acids is 2. The van der Waals surface area contributed by atoms with Crippen LogP contribution in [0.1, 0.15) is 42.7 Å². The smallest absolute Gasteiger partial charge is 0.407 e. The molecule has 7 nitrogen and oxygen atoms in total. The lowest BCUT2D eigenvalue weighted by molar-refractivity contribution is -0.137. The third kappa shape index (κ3) is 4.77. The van der Waals surface area contributed by atoms with E-state index in [0.29, 0.717) is 0 Å². The largest absolute Gasteiger partial charge is 0.481 e. The van der Waals surface area contributed by atoms with Crippen LogP contribution in [-0.2, 0) is 14.3 Å². The molecule has 2 aliphatic rings. The Hall–Kier alpha value is -3.35. The van der Waals surface area contributed by atoms with Gasteiger partial charge < -0.3 is 20.5 Å². The number of carboxylic acids is 1. The molecule has 0 aromatic heterocycles. The van der Waals surface area contributed by atoms with Crippen molar-refractivity contribution in [3.63, 3.8) is 0 Å². The number of nitrogens with one attached hydrogen (secondary N) is 2. The van der Waals surface area contributed by atoms with E-state index in [-0.39, 0.29) is 49.8 Å².